The lowest BCUT2D eigenvalue weighted by molar-refractivity contribution is -0.127. The van der Waals surface area contributed by atoms with Crippen molar-refractivity contribution in [2.45, 2.75) is 77.4 Å². The third-order valence-corrected chi connectivity index (χ3v) is 4.30. The molecule has 0 aromatic rings. The van der Waals surface area contributed by atoms with Crippen LogP contribution in [0.4, 0.5) is 0 Å². The fourth-order valence-corrected chi connectivity index (χ4v) is 2.48. The van der Waals surface area contributed by atoms with E-state index in [9.17, 15) is 19.8 Å². The van der Waals surface area contributed by atoms with Crippen LogP contribution >= 0.6 is 0 Å². The Bertz CT molecular complexity index is 602. The van der Waals surface area contributed by atoms with Crippen molar-refractivity contribution in [2.24, 2.45) is 0 Å². The molecule has 0 rings (SSSR count). The van der Waals surface area contributed by atoms with Crippen molar-refractivity contribution in [3.63, 3.8) is 0 Å². The standard InChI is InChI=1S/C25H39NO4/c1-3-5-16-22(27)17-13-11-9-7-8-10-12-14-18-23(28)24(29)19-15-20-25(30)26-21-6-4-2/h3,5,7-13,17,22-23,27-28H,4,6,14-16,18-21H2,1-2H3,(H,26,30)/b5-3-,8-7+,11-9-,12-10+,17-13+/t22-,23+/m0/s1. The summed E-state index contributed by atoms with van der Waals surface area (Å²) in [7, 11) is 0. The van der Waals surface area contributed by atoms with Crippen molar-refractivity contribution in [3.8, 4) is 0 Å². The normalized spacial score (nSPS) is 14.5. The molecule has 0 aromatic carbocycles. The van der Waals surface area contributed by atoms with E-state index in [2.05, 4.69) is 12.2 Å². The van der Waals surface area contributed by atoms with Gasteiger partial charge in [-0.2, -0.15) is 0 Å². The second-order valence-electron chi connectivity index (χ2n) is 7.07. The Morgan fingerprint density at radius 2 is 1.63 bits per heavy atom. The first kappa shape index (κ1) is 27.8. The van der Waals surface area contributed by atoms with Crippen LogP contribution in [0.2, 0.25) is 0 Å². The summed E-state index contributed by atoms with van der Waals surface area (Å²) in [5.74, 6) is -0.235. The molecule has 5 heteroatoms. The zero-order valence-corrected chi connectivity index (χ0v) is 18.5. The molecule has 0 radical (unpaired) electrons. The first-order valence-corrected chi connectivity index (χ1v) is 10.9. The summed E-state index contributed by atoms with van der Waals surface area (Å²) in [5.41, 5.74) is 0. The Morgan fingerprint density at radius 3 is 2.33 bits per heavy atom. The van der Waals surface area contributed by atoms with Gasteiger partial charge < -0.3 is 15.5 Å². The number of aliphatic hydroxyl groups excluding tert-OH is 2. The lowest BCUT2D eigenvalue weighted by atomic mass is 10.0. The van der Waals surface area contributed by atoms with Crippen LogP contribution in [0.1, 0.15) is 65.2 Å². The second kappa shape index (κ2) is 20.0. The van der Waals surface area contributed by atoms with E-state index in [0.717, 1.165) is 12.8 Å². The number of hydrogen-bond acceptors (Lipinski definition) is 4. The predicted octanol–water partition coefficient (Wildman–Crippen LogP) is 4.34. The van der Waals surface area contributed by atoms with Crippen LogP contribution < -0.4 is 5.32 Å². The van der Waals surface area contributed by atoms with Gasteiger partial charge in [0.15, 0.2) is 5.78 Å². The van der Waals surface area contributed by atoms with E-state index >= 15 is 0 Å². The molecule has 0 saturated carbocycles. The molecular weight excluding hydrogens is 378 g/mol. The van der Waals surface area contributed by atoms with E-state index < -0.39 is 12.2 Å². The van der Waals surface area contributed by atoms with Crippen LogP contribution in [-0.2, 0) is 9.59 Å². The molecule has 2 atom stereocenters. The van der Waals surface area contributed by atoms with Gasteiger partial charge in [-0.05, 0) is 39.0 Å². The number of rotatable bonds is 17. The molecule has 0 heterocycles. The number of ketones is 1. The third kappa shape index (κ3) is 17.8. The quantitative estimate of drug-likeness (QED) is 0.187. The number of carbonyl (C=O) groups is 2. The summed E-state index contributed by atoms with van der Waals surface area (Å²) in [6.07, 6.45) is 21.8. The van der Waals surface area contributed by atoms with E-state index in [4.69, 9.17) is 0 Å². The van der Waals surface area contributed by atoms with E-state index in [1.54, 1.807) is 12.2 Å². The molecule has 5 nitrogen and oxygen atoms in total. The number of hydrogen-bond donors (Lipinski definition) is 3. The van der Waals surface area contributed by atoms with Gasteiger partial charge in [0.05, 0.1) is 6.10 Å². The Morgan fingerprint density at radius 1 is 0.933 bits per heavy atom. The number of allylic oxidation sites excluding steroid dienone is 8. The molecule has 3 N–H and O–H groups in total. The fraction of sp³-hybridized carbons (Fsp3) is 0.520. The van der Waals surface area contributed by atoms with Gasteiger partial charge >= 0.3 is 0 Å². The average molecular weight is 418 g/mol. The van der Waals surface area contributed by atoms with Gasteiger partial charge in [-0.15, -0.1) is 0 Å². The van der Waals surface area contributed by atoms with Crippen molar-refractivity contribution in [2.75, 3.05) is 6.54 Å². The SMILES string of the molecule is C/C=C\C[C@H](O)/C=C/C=C\C=C\C=C\CC[C@@H](O)C(=O)CCCC(=O)NCCCC. The predicted molar refractivity (Wildman–Crippen MR) is 124 cm³/mol. The molecular formula is C25H39NO4. The van der Waals surface area contributed by atoms with Crippen molar-refractivity contribution in [3.05, 3.63) is 60.8 Å². The van der Waals surface area contributed by atoms with Crippen LogP contribution in [0.15, 0.2) is 60.8 Å². The maximum atomic E-state index is 11.9. The van der Waals surface area contributed by atoms with Gasteiger partial charge in [-0.25, -0.2) is 0 Å². The summed E-state index contributed by atoms with van der Waals surface area (Å²) in [5, 5.41) is 22.3. The maximum Gasteiger partial charge on any atom is 0.220 e. The van der Waals surface area contributed by atoms with Gasteiger partial charge in [0.25, 0.3) is 0 Å². The van der Waals surface area contributed by atoms with Crippen molar-refractivity contribution >= 4 is 11.7 Å². The van der Waals surface area contributed by atoms with E-state index in [1.807, 2.05) is 55.5 Å². The molecule has 0 spiro atoms. The first-order valence-electron chi connectivity index (χ1n) is 10.9. The minimum absolute atomic E-state index is 0.0326. The topological polar surface area (TPSA) is 86.6 Å². The van der Waals surface area contributed by atoms with Gasteiger partial charge in [0.2, 0.25) is 5.91 Å². The highest BCUT2D eigenvalue weighted by Gasteiger charge is 2.14. The van der Waals surface area contributed by atoms with Crippen molar-refractivity contribution in [1.29, 1.82) is 0 Å². The highest BCUT2D eigenvalue weighted by molar-refractivity contribution is 5.83. The Balaban J connectivity index is 3.89. The van der Waals surface area contributed by atoms with Crippen LogP contribution in [0.25, 0.3) is 0 Å². The molecule has 0 aliphatic rings. The zero-order valence-electron chi connectivity index (χ0n) is 18.5. The van der Waals surface area contributed by atoms with E-state index in [1.165, 1.54) is 0 Å². The molecule has 0 unspecified atom stereocenters. The third-order valence-electron chi connectivity index (χ3n) is 4.30. The number of Topliss-reactive ketones (excluding diaryl/α,β-unsaturated/α-hetero) is 1. The number of nitrogens with one attached hydrogen (secondary N) is 1. The highest BCUT2D eigenvalue weighted by atomic mass is 16.3. The lowest BCUT2D eigenvalue weighted by Crippen LogP contribution is -2.25. The van der Waals surface area contributed by atoms with E-state index in [-0.39, 0.29) is 18.1 Å². The largest absolute Gasteiger partial charge is 0.389 e. The Labute approximate surface area is 182 Å². The van der Waals surface area contributed by atoms with Crippen molar-refractivity contribution in [1.82, 2.24) is 5.32 Å². The molecule has 0 bridgehead atoms. The Kier molecular flexibility index (Phi) is 18.6. The number of carbonyl (C=O) groups excluding carboxylic acids is 2. The number of amides is 1. The molecule has 0 aliphatic heterocycles. The van der Waals surface area contributed by atoms with Crippen LogP contribution in [0.5, 0.6) is 0 Å². The molecule has 0 aromatic heterocycles. The van der Waals surface area contributed by atoms with Gasteiger partial charge in [0, 0.05) is 19.4 Å². The molecule has 168 valence electrons. The maximum absolute atomic E-state index is 11.9. The van der Waals surface area contributed by atoms with Gasteiger partial charge in [-0.3, -0.25) is 9.59 Å². The zero-order chi connectivity index (χ0) is 22.5. The van der Waals surface area contributed by atoms with Crippen LogP contribution in [-0.4, -0.2) is 40.7 Å². The van der Waals surface area contributed by atoms with Crippen LogP contribution in [0.3, 0.4) is 0 Å². The summed E-state index contributed by atoms with van der Waals surface area (Å²) in [6.45, 7) is 4.67. The molecule has 0 saturated heterocycles. The molecule has 1 amide bonds. The van der Waals surface area contributed by atoms with Gasteiger partial charge in [-0.1, -0.05) is 74.1 Å². The summed E-state index contributed by atoms with van der Waals surface area (Å²) in [4.78, 5) is 23.5. The molecule has 0 fully saturated rings. The van der Waals surface area contributed by atoms with Crippen molar-refractivity contribution < 1.29 is 19.8 Å². The number of unbranched alkanes of at least 4 members (excludes halogenated alkanes) is 1. The minimum Gasteiger partial charge on any atom is -0.389 e. The van der Waals surface area contributed by atoms with Crippen LogP contribution in [0, 0.1) is 0 Å². The first-order chi connectivity index (χ1) is 14.5. The monoisotopic (exact) mass is 417 g/mol. The fourth-order valence-electron chi connectivity index (χ4n) is 2.48. The number of aliphatic hydroxyl groups is 2. The smallest absolute Gasteiger partial charge is 0.220 e. The Hall–Kier alpha value is -2.24. The second-order valence-corrected chi connectivity index (χ2v) is 7.07. The highest BCUT2D eigenvalue weighted by Crippen LogP contribution is 2.06. The summed E-state index contributed by atoms with van der Waals surface area (Å²) >= 11 is 0. The summed E-state index contributed by atoms with van der Waals surface area (Å²) in [6, 6.07) is 0. The average Bonchev–Trinajstić information content (AvgIpc) is 2.73. The summed E-state index contributed by atoms with van der Waals surface area (Å²) < 4.78 is 0. The lowest BCUT2D eigenvalue weighted by Gasteiger charge is -2.08. The van der Waals surface area contributed by atoms with E-state index in [0.29, 0.717) is 38.6 Å². The minimum atomic E-state index is -0.971. The molecule has 0 aliphatic carbocycles. The van der Waals surface area contributed by atoms with Gasteiger partial charge in [0.1, 0.15) is 6.10 Å². The molecule has 30 heavy (non-hydrogen) atoms.